The fourth-order valence-electron chi connectivity index (χ4n) is 4.62. The van der Waals surface area contributed by atoms with E-state index in [-0.39, 0.29) is 6.42 Å². The second-order valence-electron chi connectivity index (χ2n) is 8.61. The molecule has 1 aromatic carbocycles. The van der Waals surface area contributed by atoms with Crippen molar-refractivity contribution < 1.29 is 22.6 Å². The predicted octanol–water partition coefficient (Wildman–Crippen LogP) is 4.03. The number of halogens is 3. The van der Waals surface area contributed by atoms with Crippen LogP contribution in [0.4, 0.5) is 24.8 Å². The Balaban J connectivity index is 1.45. The maximum absolute atomic E-state index is 14.1. The number of nitrogens with zero attached hydrogens (tertiary/aromatic N) is 4. The zero-order valence-corrected chi connectivity index (χ0v) is 19.5. The number of ether oxygens (including phenoxy) is 2. The van der Waals surface area contributed by atoms with E-state index < -0.39 is 18.3 Å². The molecule has 2 atom stereocenters. The van der Waals surface area contributed by atoms with E-state index in [1.165, 1.54) is 14.2 Å². The number of hydrogen-bond acceptors (Lipinski definition) is 7. The average Bonchev–Trinajstić information content (AvgIpc) is 3.32. The van der Waals surface area contributed by atoms with Crippen LogP contribution in [0.3, 0.4) is 0 Å². The van der Waals surface area contributed by atoms with Crippen molar-refractivity contribution in [3.63, 3.8) is 0 Å². The summed E-state index contributed by atoms with van der Waals surface area (Å²) in [4.78, 5) is 6.71. The first-order valence-electron chi connectivity index (χ1n) is 11.4. The highest BCUT2D eigenvalue weighted by molar-refractivity contribution is 5.64. The smallest absolute Gasteiger partial charge is 0.410 e. The van der Waals surface area contributed by atoms with Crippen LogP contribution in [0.15, 0.2) is 42.6 Å². The molecule has 0 aliphatic carbocycles. The van der Waals surface area contributed by atoms with Crippen LogP contribution in [-0.2, 0) is 0 Å². The van der Waals surface area contributed by atoms with Gasteiger partial charge in [-0.15, -0.1) is 0 Å². The maximum atomic E-state index is 14.1. The fraction of sp³-hybridized carbons (Fsp3) is 0.417. The van der Waals surface area contributed by atoms with Gasteiger partial charge in [0.15, 0.2) is 17.5 Å². The number of methoxy groups -OCH3 is 2. The van der Waals surface area contributed by atoms with Crippen molar-refractivity contribution in [2.45, 2.75) is 24.7 Å². The summed E-state index contributed by atoms with van der Waals surface area (Å²) in [7, 11) is 3.01. The normalized spacial score (nSPS) is 20.2. The predicted molar refractivity (Wildman–Crippen MR) is 126 cm³/mol. The lowest BCUT2D eigenvalue weighted by Gasteiger charge is -2.33. The van der Waals surface area contributed by atoms with Crippen LogP contribution in [0, 0.1) is 0 Å². The number of aromatic nitrogens is 3. The molecule has 2 aliphatic rings. The molecule has 2 aromatic heterocycles. The summed E-state index contributed by atoms with van der Waals surface area (Å²) in [5, 5.41) is 10.9. The van der Waals surface area contributed by atoms with Crippen LogP contribution in [0.1, 0.15) is 24.1 Å². The number of rotatable bonds is 5. The second-order valence-corrected chi connectivity index (χ2v) is 8.61. The minimum atomic E-state index is -4.46. The first-order chi connectivity index (χ1) is 16.9. The topological polar surface area (TPSA) is 76.5 Å². The summed E-state index contributed by atoms with van der Waals surface area (Å²) >= 11 is 0. The van der Waals surface area contributed by atoms with E-state index in [2.05, 4.69) is 25.6 Å². The molecule has 4 heterocycles. The van der Waals surface area contributed by atoms with Gasteiger partial charge in [-0.2, -0.15) is 18.3 Å². The molecule has 1 saturated heterocycles. The lowest BCUT2D eigenvalue weighted by atomic mass is 9.96. The Bertz CT molecular complexity index is 1170. The molecule has 5 rings (SSSR count). The molecule has 186 valence electrons. The number of anilines is 2. The Morgan fingerprint density at radius 3 is 2.43 bits per heavy atom. The zero-order chi connectivity index (χ0) is 24.6. The Hall–Kier alpha value is -3.47. The van der Waals surface area contributed by atoms with Crippen molar-refractivity contribution in [3.8, 4) is 22.8 Å². The lowest BCUT2D eigenvalue weighted by molar-refractivity contribution is -0.173. The number of pyridine rings is 1. The first-order valence-corrected chi connectivity index (χ1v) is 11.4. The van der Waals surface area contributed by atoms with E-state index >= 15 is 0 Å². The van der Waals surface area contributed by atoms with Gasteiger partial charge in [0, 0.05) is 50.4 Å². The zero-order valence-electron chi connectivity index (χ0n) is 19.5. The van der Waals surface area contributed by atoms with Gasteiger partial charge in [0.25, 0.3) is 0 Å². The van der Waals surface area contributed by atoms with Gasteiger partial charge in [-0.05, 0) is 29.8 Å². The highest BCUT2D eigenvalue weighted by Gasteiger charge is 2.46. The van der Waals surface area contributed by atoms with Gasteiger partial charge in [0.2, 0.25) is 0 Å². The molecule has 2 aliphatic heterocycles. The van der Waals surface area contributed by atoms with E-state index in [4.69, 9.17) is 9.47 Å². The number of nitrogens with one attached hydrogen (secondary N) is 2. The molecule has 0 unspecified atom stereocenters. The molecular formula is C24H27F3N6O2. The Morgan fingerprint density at radius 2 is 1.77 bits per heavy atom. The molecule has 11 heteroatoms. The number of hydrogen-bond donors (Lipinski definition) is 2. The monoisotopic (exact) mass is 488 g/mol. The van der Waals surface area contributed by atoms with Crippen LogP contribution in [0.25, 0.3) is 11.3 Å². The molecule has 0 amide bonds. The largest absolute Gasteiger partial charge is 0.493 e. The van der Waals surface area contributed by atoms with Gasteiger partial charge in [-0.25, -0.2) is 9.67 Å². The SMILES string of the molecule is COc1ccc([C@@H]2C[C@H](C(F)(F)F)n3nc(-c4ccc(N5CCNCC5)nc4)cc3N2)cc1OC. The van der Waals surface area contributed by atoms with Crippen LogP contribution in [0.5, 0.6) is 11.5 Å². The molecule has 0 saturated carbocycles. The highest BCUT2D eigenvalue weighted by atomic mass is 19.4. The van der Waals surface area contributed by atoms with Crippen molar-refractivity contribution in [1.82, 2.24) is 20.1 Å². The number of fused-ring (bicyclic) bond motifs is 1. The van der Waals surface area contributed by atoms with Crippen LogP contribution < -0.4 is 25.0 Å². The van der Waals surface area contributed by atoms with Crippen molar-refractivity contribution >= 4 is 11.6 Å². The Labute approximate surface area is 201 Å². The average molecular weight is 489 g/mol. The second kappa shape index (κ2) is 9.29. The lowest BCUT2D eigenvalue weighted by Crippen LogP contribution is -2.43. The summed E-state index contributed by atoms with van der Waals surface area (Å²) in [5.41, 5.74) is 1.78. The Kier molecular flexibility index (Phi) is 6.18. The van der Waals surface area contributed by atoms with E-state index in [0.717, 1.165) is 36.7 Å². The third kappa shape index (κ3) is 4.60. The minimum absolute atomic E-state index is 0.201. The van der Waals surface area contributed by atoms with E-state index in [9.17, 15) is 13.2 Å². The van der Waals surface area contributed by atoms with Crippen molar-refractivity contribution in [1.29, 1.82) is 0 Å². The molecule has 0 spiro atoms. The van der Waals surface area contributed by atoms with Gasteiger partial charge < -0.3 is 25.0 Å². The molecule has 0 radical (unpaired) electrons. The highest BCUT2D eigenvalue weighted by Crippen LogP contribution is 2.45. The quantitative estimate of drug-likeness (QED) is 0.562. The third-order valence-corrected chi connectivity index (χ3v) is 6.48. The Morgan fingerprint density at radius 1 is 1.00 bits per heavy atom. The number of alkyl halides is 3. The molecule has 35 heavy (non-hydrogen) atoms. The molecule has 0 bridgehead atoms. The van der Waals surface area contributed by atoms with Crippen LogP contribution in [0.2, 0.25) is 0 Å². The van der Waals surface area contributed by atoms with Crippen molar-refractivity contribution in [3.05, 3.63) is 48.2 Å². The van der Waals surface area contributed by atoms with Crippen molar-refractivity contribution in [2.24, 2.45) is 0 Å². The number of benzene rings is 1. The summed E-state index contributed by atoms with van der Waals surface area (Å²) in [5.74, 6) is 2.13. The minimum Gasteiger partial charge on any atom is -0.493 e. The molecular weight excluding hydrogens is 461 g/mol. The van der Waals surface area contributed by atoms with E-state index in [1.807, 2.05) is 12.1 Å². The molecule has 1 fully saturated rings. The van der Waals surface area contributed by atoms with E-state index in [1.54, 1.807) is 30.5 Å². The maximum Gasteiger partial charge on any atom is 0.410 e. The van der Waals surface area contributed by atoms with Gasteiger partial charge in [0.05, 0.1) is 26.0 Å². The molecule has 2 N–H and O–H groups in total. The van der Waals surface area contributed by atoms with Crippen molar-refractivity contribution in [2.75, 3.05) is 50.6 Å². The summed E-state index contributed by atoms with van der Waals surface area (Å²) < 4.78 is 53.9. The molecule has 8 nitrogen and oxygen atoms in total. The number of piperazine rings is 1. The van der Waals surface area contributed by atoms with Gasteiger partial charge in [-0.1, -0.05) is 6.07 Å². The van der Waals surface area contributed by atoms with Crippen LogP contribution in [-0.4, -0.2) is 61.3 Å². The fourth-order valence-corrected chi connectivity index (χ4v) is 4.62. The summed E-state index contributed by atoms with van der Waals surface area (Å²) in [6, 6.07) is 8.20. The van der Waals surface area contributed by atoms with Gasteiger partial charge >= 0.3 is 6.18 Å². The standard InChI is InChI=1S/C24H27F3N6O2/c1-34-19-5-3-15(11-20(19)35-2)17-12-21(24(25,26)27)33-23(30-17)13-18(31-33)16-4-6-22(29-14-16)32-9-7-28-8-10-32/h3-6,11,13-14,17,21,28,30H,7-10,12H2,1-2H3/t17-,21+/m0/s1. The van der Waals surface area contributed by atoms with Gasteiger partial charge in [-0.3, -0.25) is 0 Å². The third-order valence-electron chi connectivity index (χ3n) is 6.48. The van der Waals surface area contributed by atoms with E-state index in [0.29, 0.717) is 34.1 Å². The first kappa shape index (κ1) is 23.3. The summed E-state index contributed by atoms with van der Waals surface area (Å²) in [6.45, 7) is 3.51. The van der Waals surface area contributed by atoms with Crippen LogP contribution >= 0.6 is 0 Å². The summed E-state index contributed by atoms with van der Waals surface area (Å²) in [6.07, 6.45) is -2.99. The molecule has 3 aromatic rings. The van der Waals surface area contributed by atoms with Gasteiger partial charge in [0.1, 0.15) is 11.6 Å².